The molecule has 0 aliphatic heterocycles. The van der Waals surface area contributed by atoms with Gasteiger partial charge >= 0.3 is 0 Å². The molecule has 0 saturated carbocycles. The number of aldehydes is 1. The molecule has 0 bridgehead atoms. The van der Waals surface area contributed by atoms with Crippen molar-refractivity contribution in [1.82, 2.24) is 15.0 Å². The van der Waals surface area contributed by atoms with Gasteiger partial charge in [-0.3, -0.25) is 0 Å². The van der Waals surface area contributed by atoms with Gasteiger partial charge in [0, 0.05) is 0 Å². The fourth-order valence-electron chi connectivity index (χ4n) is 1.28. The summed E-state index contributed by atoms with van der Waals surface area (Å²) in [7, 11) is 0. The zero-order valence-corrected chi connectivity index (χ0v) is 7.27. The first-order valence-electron chi connectivity index (χ1n) is 4.05. The van der Waals surface area contributed by atoms with Crippen LogP contribution in [0, 0.1) is 6.92 Å². The quantitative estimate of drug-likeness (QED) is 0.638. The maximum absolute atomic E-state index is 10.3. The van der Waals surface area contributed by atoms with Gasteiger partial charge in [-0.05, 0) is 24.6 Å². The second-order valence-electron chi connectivity index (χ2n) is 2.93. The Morgan fingerprint density at radius 2 is 2.38 bits per heavy atom. The van der Waals surface area contributed by atoms with E-state index in [2.05, 4.69) is 10.3 Å². The molecular weight excluding hydrogens is 166 g/mol. The number of carbonyl (C=O) groups excluding carboxylic acids is 1. The van der Waals surface area contributed by atoms with E-state index in [1.165, 1.54) is 0 Å². The van der Waals surface area contributed by atoms with Gasteiger partial charge in [-0.15, -0.1) is 5.10 Å². The molecule has 1 aromatic heterocycles. The van der Waals surface area contributed by atoms with Gasteiger partial charge in [0.1, 0.15) is 11.8 Å². The van der Waals surface area contributed by atoms with Crippen molar-refractivity contribution < 1.29 is 4.79 Å². The molecule has 4 heteroatoms. The number of hydrogen-bond acceptors (Lipinski definition) is 3. The number of hydrogen-bond donors (Lipinski definition) is 0. The lowest BCUT2D eigenvalue weighted by Crippen LogP contribution is -2.00. The summed E-state index contributed by atoms with van der Waals surface area (Å²) in [4.78, 5) is 10.3. The lowest BCUT2D eigenvalue weighted by atomic mass is 10.2. The molecule has 2 aromatic rings. The van der Waals surface area contributed by atoms with Gasteiger partial charge < -0.3 is 4.79 Å². The van der Waals surface area contributed by atoms with Crippen LogP contribution in [0.15, 0.2) is 18.2 Å². The number of aryl methyl sites for hydroxylation is 1. The summed E-state index contributed by atoms with van der Waals surface area (Å²) in [6.07, 6.45) is 0.816. The zero-order valence-electron chi connectivity index (χ0n) is 7.27. The summed E-state index contributed by atoms with van der Waals surface area (Å²) in [5, 5.41) is 7.79. The van der Waals surface area contributed by atoms with E-state index in [4.69, 9.17) is 0 Å². The number of nitrogens with zero attached hydrogens (tertiary/aromatic N) is 3. The Bertz CT molecular complexity index is 447. The third-order valence-corrected chi connectivity index (χ3v) is 1.92. The Labute approximate surface area is 75.2 Å². The molecule has 0 N–H and O–H groups in total. The predicted molar refractivity (Wildman–Crippen MR) is 48.3 cm³/mol. The molecular formula is C9H9N3O. The highest BCUT2D eigenvalue weighted by Crippen LogP contribution is 2.12. The molecule has 0 aliphatic carbocycles. The topological polar surface area (TPSA) is 47.8 Å². The minimum Gasteiger partial charge on any atom is -0.301 e. The third kappa shape index (κ3) is 1.30. The Morgan fingerprint density at radius 3 is 3.15 bits per heavy atom. The molecule has 0 unspecified atom stereocenters. The Balaban J connectivity index is 2.64. The molecule has 13 heavy (non-hydrogen) atoms. The summed E-state index contributed by atoms with van der Waals surface area (Å²) >= 11 is 0. The average molecular weight is 175 g/mol. The second kappa shape index (κ2) is 2.97. The van der Waals surface area contributed by atoms with E-state index in [1.807, 2.05) is 25.1 Å². The van der Waals surface area contributed by atoms with Crippen LogP contribution in [0.25, 0.3) is 11.0 Å². The van der Waals surface area contributed by atoms with Crippen molar-refractivity contribution in [2.75, 3.05) is 0 Å². The highest BCUT2D eigenvalue weighted by atomic mass is 16.1. The first-order valence-corrected chi connectivity index (χ1v) is 4.05. The van der Waals surface area contributed by atoms with Crippen molar-refractivity contribution in [2.45, 2.75) is 13.5 Å². The van der Waals surface area contributed by atoms with Crippen LogP contribution >= 0.6 is 0 Å². The van der Waals surface area contributed by atoms with Gasteiger partial charge in [-0.2, -0.15) is 0 Å². The Morgan fingerprint density at radius 1 is 1.54 bits per heavy atom. The molecule has 4 nitrogen and oxygen atoms in total. The van der Waals surface area contributed by atoms with Crippen molar-refractivity contribution in [3.63, 3.8) is 0 Å². The minimum atomic E-state index is 0.264. The normalized spacial score (nSPS) is 10.5. The first kappa shape index (κ1) is 7.91. The summed E-state index contributed by atoms with van der Waals surface area (Å²) in [5.41, 5.74) is 2.88. The van der Waals surface area contributed by atoms with Crippen LogP contribution < -0.4 is 0 Å². The summed E-state index contributed by atoms with van der Waals surface area (Å²) in [6, 6.07) is 5.85. The molecule has 1 aromatic carbocycles. The smallest absolute Gasteiger partial charge is 0.141 e. The van der Waals surface area contributed by atoms with E-state index in [9.17, 15) is 4.79 Å². The van der Waals surface area contributed by atoms with Crippen molar-refractivity contribution in [2.24, 2.45) is 0 Å². The molecule has 0 aliphatic rings. The number of aromatic nitrogens is 3. The molecule has 0 spiro atoms. The van der Waals surface area contributed by atoms with Crippen molar-refractivity contribution >= 4 is 17.3 Å². The Hall–Kier alpha value is -1.71. The zero-order chi connectivity index (χ0) is 9.26. The van der Waals surface area contributed by atoms with Crippen molar-refractivity contribution in [3.05, 3.63) is 23.8 Å². The number of benzene rings is 1. The summed E-state index contributed by atoms with van der Waals surface area (Å²) < 4.78 is 1.59. The summed E-state index contributed by atoms with van der Waals surface area (Å²) in [5.74, 6) is 0. The van der Waals surface area contributed by atoms with E-state index in [1.54, 1.807) is 4.68 Å². The van der Waals surface area contributed by atoms with Crippen molar-refractivity contribution in [1.29, 1.82) is 0 Å². The van der Waals surface area contributed by atoms with Crippen LogP contribution in [0.1, 0.15) is 5.56 Å². The largest absolute Gasteiger partial charge is 0.301 e. The van der Waals surface area contributed by atoms with Crippen LogP contribution in [0.2, 0.25) is 0 Å². The van der Waals surface area contributed by atoms with Gasteiger partial charge in [0.05, 0.1) is 12.1 Å². The van der Waals surface area contributed by atoms with Crippen LogP contribution in [0.4, 0.5) is 0 Å². The Kier molecular flexibility index (Phi) is 1.81. The maximum Gasteiger partial charge on any atom is 0.141 e. The molecule has 0 fully saturated rings. The molecule has 0 saturated heterocycles. The van der Waals surface area contributed by atoms with Crippen LogP contribution in [-0.2, 0) is 11.3 Å². The average Bonchev–Trinajstić information content (AvgIpc) is 2.49. The van der Waals surface area contributed by atoms with Gasteiger partial charge in [-0.25, -0.2) is 4.68 Å². The van der Waals surface area contributed by atoms with Crippen LogP contribution in [-0.4, -0.2) is 21.3 Å². The van der Waals surface area contributed by atoms with E-state index in [0.717, 1.165) is 22.9 Å². The van der Waals surface area contributed by atoms with Crippen LogP contribution in [0.3, 0.4) is 0 Å². The van der Waals surface area contributed by atoms with Gasteiger partial charge in [0.25, 0.3) is 0 Å². The third-order valence-electron chi connectivity index (χ3n) is 1.92. The highest BCUT2D eigenvalue weighted by molar-refractivity contribution is 5.75. The van der Waals surface area contributed by atoms with Crippen LogP contribution in [0.5, 0.6) is 0 Å². The maximum atomic E-state index is 10.3. The first-order chi connectivity index (χ1) is 6.31. The predicted octanol–water partition coefficient (Wildman–Crippen LogP) is 0.939. The molecule has 66 valence electrons. The van der Waals surface area contributed by atoms with E-state index in [-0.39, 0.29) is 6.54 Å². The lowest BCUT2D eigenvalue weighted by molar-refractivity contribution is -0.108. The number of rotatable bonds is 2. The number of fused-ring (bicyclic) bond motifs is 1. The van der Waals surface area contributed by atoms with Gasteiger partial charge in [-0.1, -0.05) is 11.3 Å². The fraction of sp³-hybridized carbons (Fsp3) is 0.222. The molecule has 1 heterocycles. The molecule has 2 rings (SSSR count). The van der Waals surface area contributed by atoms with E-state index in [0.29, 0.717) is 0 Å². The second-order valence-corrected chi connectivity index (χ2v) is 2.93. The standard InChI is InChI=1S/C9H9N3O/c1-7-2-3-8-9(6-7)12(4-5-13)11-10-8/h2-3,5-6H,4H2,1H3. The van der Waals surface area contributed by atoms with E-state index >= 15 is 0 Å². The minimum absolute atomic E-state index is 0.264. The van der Waals surface area contributed by atoms with Gasteiger partial charge in [0.2, 0.25) is 0 Å². The summed E-state index contributed by atoms with van der Waals surface area (Å²) in [6.45, 7) is 2.26. The monoisotopic (exact) mass is 175 g/mol. The highest BCUT2D eigenvalue weighted by Gasteiger charge is 2.02. The lowest BCUT2D eigenvalue weighted by Gasteiger charge is -1.95. The van der Waals surface area contributed by atoms with Gasteiger partial charge in [0.15, 0.2) is 0 Å². The number of carbonyl (C=O) groups is 1. The molecule has 0 radical (unpaired) electrons. The fourth-order valence-corrected chi connectivity index (χ4v) is 1.28. The SMILES string of the molecule is Cc1ccc2nnn(CC=O)c2c1. The van der Waals surface area contributed by atoms with Crippen molar-refractivity contribution in [3.8, 4) is 0 Å². The van der Waals surface area contributed by atoms with E-state index < -0.39 is 0 Å². The molecule has 0 atom stereocenters. The molecule has 0 amide bonds.